The van der Waals surface area contributed by atoms with Crippen LogP contribution in [0.2, 0.25) is 0 Å². The van der Waals surface area contributed by atoms with Crippen LogP contribution >= 0.6 is 0 Å². The van der Waals surface area contributed by atoms with Gasteiger partial charge in [-0.2, -0.15) is 0 Å². The van der Waals surface area contributed by atoms with Crippen LogP contribution in [0, 0.1) is 0 Å². The third-order valence-corrected chi connectivity index (χ3v) is 3.18. The van der Waals surface area contributed by atoms with E-state index in [1.54, 1.807) is 7.11 Å². The van der Waals surface area contributed by atoms with E-state index in [9.17, 15) is 0 Å². The van der Waals surface area contributed by atoms with Crippen LogP contribution in [0.25, 0.3) is 0 Å². The Bertz CT molecular complexity index is 540. The van der Waals surface area contributed by atoms with Crippen molar-refractivity contribution in [3.63, 3.8) is 0 Å². The quantitative estimate of drug-likeness (QED) is 0.836. The van der Waals surface area contributed by atoms with Gasteiger partial charge in [0.25, 0.3) is 0 Å². The van der Waals surface area contributed by atoms with Crippen molar-refractivity contribution in [2.24, 2.45) is 0 Å². The van der Waals surface area contributed by atoms with Gasteiger partial charge in [-0.3, -0.25) is 0 Å². The lowest BCUT2D eigenvalue weighted by Crippen LogP contribution is -2.20. The molecule has 0 unspecified atom stereocenters. The summed E-state index contributed by atoms with van der Waals surface area (Å²) in [4.78, 5) is 2.20. The van der Waals surface area contributed by atoms with Crippen molar-refractivity contribution in [2.75, 3.05) is 31.3 Å². The average Bonchev–Trinajstić information content (AvgIpc) is 2.45. The first-order valence-electron chi connectivity index (χ1n) is 6.39. The minimum absolute atomic E-state index is 0.817. The molecule has 19 heavy (non-hydrogen) atoms. The zero-order valence-electron chi connectivity index (χ0n) is 11.5. The Balaban J connectivity index is 2.03. The molecule has 0 saturated heterocycles. The molecule has 0 aromatic heterocycles. The molecule has 3 heteroatoms. The number of nitrogens with zero attached hydrogens (tertiary/aromatic N) is 1. The second-order valence-corrected chi connectivity index (χ2v) is 4.59. The van der Waals surface area contributed by atoms with E-state index in [0.29, 0.717) is 0 Å². The van der Waals surface area contributed by atoms with Crippen molar-refractivity contribution < 1.29 is 4.74 Å². The van der Waals surface area contributed by atoms with Crippen LogP contribution in [0.1, 0.15) is 5.56 Å². The summed E-state index contributed by atoms with van der Waals surface area (Å²) in [5.74, 6) is 0.901. The number of likely N-dealkylation sites (N-methyl/N-ethyl adjacent to an activating group) is 1. The number of hydrogen-bond acceptors (Lipinski definition) is 3. The zero-order chi connectivity index (χ0) is 13.7. The van der Waals surface area contributed by atoms with Gasteiger partial charge in [-0.25, -0.2) is 0 Å². The van der Waals surface area contributed by atoms with Crippen molar-refractivity contribution in [3.05, 3.63) is 54.1 Å². The molecule has 2 aromatic carbocycles. The highest BCUT2D eigenvalue weighted by atomic mass is 16.5. The summed E-state index contributed by atoms with van der Waals surface area (Å²) in [5, 5.41) is 0. The van der Waals surface area contributed by atoms with Gasteiger partial charge >= 0.3 is 0 Å². The van der Waals surface area contributed by atoms with E-state index in [2.05, 4.69) is 24.1 Å². The molecule has 100 valence electrons. The van der Waals surface area contributed by atoms with E-state index in [1.165, 1.54) is 5.56 Å². The van der Waals surface area contributed by atoms with Crippen LogP contribution in [0.4, 0.5) is 11.4 Å². The molecule has 0 saturated carbocycles. The maximum absolute atomic E-state index is 5.79. The van der Waals surface area contributed by atoms with Gasteiger partial charge in [0.1, 0.15) is 5.75 Å². The van der Waals surface area contributed by atoms with E-state index >= 15 is 0 Å². The molecule has 2 N–H and O–H groups in total. The molecule has 2 aromatic rings. The summed E-state index contributed by atoms with van der Waals surface area (Å²) in [6.07, 6.45) is 0.958. The van der Waals surface area contributed by atoms with E-state index in [0.717, 1.165) is 30.1 Å². The van der Waals surface area contributed by atoms with E-state index in [4.69, 9.17) is 10.5 Å². The Kier molecular flexibility index (Phi) is 4.29. The van der Waals surface area contributed by atoms with Gasteiger partial charge in [0.15, 0.2) is 0 Å². The first-order chi connectivity index (χ1) is 9.20. The molecule has 0 bridgehead atoms. The number of benzene rings is 2. The minimum Gasteiger partial charge on any atom is -0.495 e. The Hall–Kier alpha value is -2.16. The highest BCUT2D eigenvalue weighted by molar-refractivity contribution is 5.58. The summed E-state index contributed by atoms with van der Waals surface area (Å²) in [6, 6.07) is 16.1. The minimum atomic E-state index is 0.817. The standard InChI is InChI=1S/C16H20N2O/c1-18(15-8-3-4-9-16(15)19-2)11-10-13-6-5-7-14(17)12-13/h3-9,12H,10-11,17H2,1-2H3. The molecule has 3 nitrogen and oxygen atoms in total. The van der Waals surface area contributed by atoms with Crippen molar-refractivity contribution >= 4 is 11.4 Å². The largest absolute Gasteiger partial charge is 0.495 e. The molecule has 0 radical (unpaired) electrons. The van der Waals surface area contributed by atoms with Gasteiger partial charge in [0.2, 0.25) is 0 Å². The van der Waals surface area contributed by atoms with Crippen LogP contribution in [0.5, 0.6) is 5.75 Å². The lowest BCUT2D eigenvalue weighted by Gasteiger charge is -2.21. The van der Waals surface area contributed by atoms with E-state index < -0.39 is 0 Å². The number of anilines is 2. The maximum atomic E-state index is 5.79. The molecule has 0 spiro atoms. The Morgan fingerprint density at radius 3 is 2.63 bits per heavy atom. The molecular weight excluding hydrogens is 236 g/mol. The van der Waals surface area contributed by atoms with Gasteiger partial charge in [0.05, 0.1) is 12.8 Å². The lowest BCUT2D eigenvalue weighted by molar-refractivity contribution is 0.415. The molecule has 0 heterocycles. The van der Waals surface area contributed by atoms with Crippen molar-refractivity contribution in [2.45, 2.75) is 6.42 Å². The van der Waals surface area contributed by atoms with E-state index in [1.807, 2.05) is 36.4 Å². The Morgan fingerprint density at radius 2 is 1.89 bits per heavy atom. The number of nitrogens with two attached hydrogens (primary N) is 1. The maximum Gasteiger partial charge on any atom is 0.142 e. The van der Waals surface area contributed by atoms with Gasteiger partial charge in [0, 0.05) is 19.3 Å². The summed E-state index contributed by atoms with van der Waals surface area (Å²) >= 11 is 0. The summed E-state index contributed by atoms with van der Waals surface area (Å²) in [5.41, 5.74) is 8.96. The fraction of sp³-hybridized carbons (Fsp3) is 0.250. The Labute approximate surface area is 114 Å². The molecule has 0 aliphatic heterocycles. The third kappa shape index (κ3) is 3.41. The second-order valence-electron chi connectivity index (χ2n) is 4.59. The third-order valence-electron chi connectivity index (χ3n) is 3.18. The van der Waals surface area contributed by atoms with Crippen LogP contribution in [0.3, 0.4) is 0 Å². The fourth-order valence-electron chi connectivity index (χ4n) is 2.11. The van der Waals surface area contributed by atoms with Crippen molar-refractivity contribution in [1.29, 1.82) is 0 Å². The highest BCUT2D eigenvalue weighted by Gasteiger charge is 2.07. The zero-order valence-corrected chi connectivity index (χ0v) is 11.5. The second kappa shape index (κ2) is 6.14. The summed E-state index contributed by atoms with van der Waals surface area (Å²) in [6.45, 7) is 0.920. The average molecular weight is 256 g/mol. The van der Waals surface area contributed by atoms with Crippen molar-refractivity contribution in [3.8, 4) is 5.75 Å². The number of para-hydroxylation sites is 2. The molecular formula is C16H20N2O. The van der Waals surface area contributed by atoms with Gasteiger partial charge in [-0.15, -0.1) is 0 Å². The number of nitrogen functional groups attached to an aromatic ring is 1. The topological polar surface area (TPSA) is 38.5 Å². The Morgan fingerprint density at radius 1 is 1.11 bits per heavy atom. The van der Waals surface area contributed by atoms with Crippen LogP contribution in [-0.4, -0.2) is 20.7 Å². The fourth-order valence-corrected chi connectivity index (χ4v) is 2.11. The monoisotopic (exact) mass is 256 g/mol. The molecule has 0 amide bonds. The van der Waals surface area contributed by atoms with Gasteiger partial charge in [-0.05, 0) is 36.2 Å². The predicted octanol–water partition coefficient (Wildman–Crippen LogP) is 2.96. The first-order valence-corrected chi connectivity index (χ1v) is 6.39. The van der Waals surface area contributed by atoms with Crippen molar-refractivity contribution in [1.82, 2.24) is 0 Å². The SMILES string of the molecule is COc1ccccc1N(C)CCc1cccc(N)c1. The molecule has 0 fully saturated rings. The molecule has 0 atom stereocenters. The smallest absolute Gasteiger partial charge is 0.142 e. The van der Waals surface area contributed by atoms with Gasteiger partial charge < -0.3 is 15.4 Å². The lowest BCUT2D eigenvalue weighted by atomic mass is 10.1. The first kappa shape index (κ1) is 13.3. The molecule has 0 aliphatic rings. The number of hydrogen-bond donors (Lipinski definition) is 1. The number of ether oxygens (including phenoxy) is 1. The van der Waals surface area contributed by atoms with Crippen LogP contribution in [-0.2, 0) is 6.42 Å². The van der Waals surface area contributed by atoms with Crippen LogP contribution in [0.15, 0.2) is 48.5 Å². The number of methoxy groups -OCH3 is 1. The number of rotatable bonds is 5. The van der Waals surface area contributed by atoms with Crippen LogP contribution < -0.4 is 15.4 Å². The highest BCUT2D eigenvalue weighted by Crippen LogP contribution is 2.26. The molecule has 0 aliphatic carbocycles. The summed E-state index contributed by atoms with van der Waals surface area (Å²) < 4.78 is 5.38. The van der Waals surface area contributed by atoms with Gasteiger partial charge in [-0.1, -0.05) is 24.3 Å². The predicted molar refractivity (Wildman–Crippen MR) is 80.8 cm³/mol. The normalized spacial score (nSPS) is 10.2. The van der Waals surface area contributed by atoms with E-state index in [-0.39, 0.29) is 0 Å². The molecule has 2 rings (SSSR count). The summed E-state index contributed by atoms with van der Waals surface area (Å²) in [7, 11) is 3.77.